The zero-order chi connectivity index (χ0) is 22.8. The lowest BCUT2D eigenvalue weighted by Crippen LogP contribution is -2.28. The smallest absolute Gasteiger partial charge is 0.258 e. The summed E-state index contributed by atoms with van der Waals surface area (Å²) in [5.41, 5.74) is 4.03. The molecule has 1 aliphatic rings. The number of carbonyl (C=O) groups excluding carboxylic acids is 2. The Morgan fingerprint density at radius 2 is 1.76 bits per heavy atom. The Labute approximate surface area is 191 Å². The lowest BCUT2D eigenvalue weighted by atomic mass is 10.1. The van der Waals surface area contributed by atoms with Crippen molar-refractivity contribution in [2.45, 2.75) is 13.3 Å². The molecule has 2 amide bonds. The second-order valence-corrected chi connectivity index (χ2v) is 8.05. The maximum Gasteiger partial charge on any atom is 0.258 e. The number of hydrogen-bond acceptors (Lipinski definition) is 5. The van der Waals surface area contributed by atoms with Crippen molar-refractivity contribution in [2.75, 3.05) is 16.8 Å². The number of benzene rings is 3. The van der Waals surface area contributed by atoms with Gasteiger partial charge in [0.25, 0.3) is 5.89 Å². The first-order valence-corrected chi connectivity index (χ1v) is 10.7. The van der Waals surface area contributed by atoms with Crippen LogP contribution in [0.3, 0.4) is 0 Å². The van der Waals surface area contributed by atoms with Gasteiger partial charge in [0.15, 0.2) is 0 Å². The van der Waals surface area contributed by atoms with Crippen LogP contribution in [0.2, 0.25) is 0 Å². The van der Waals surface area contributed by atoms with Gasteiger partial charge in [0.05, 0.1) is 5.92 Å². The van der Waals surface area contributed by atoms with E-state index in [1.807, 2.05) is 73.7 Å². The van der Waals surface area contributed by atoms with Gasteiger partial charge < -0.3 is 14.7 Å². The fourth-order valence-corrected chi connectivity index (χ4v) is 4.00. The van der Waals surface area contributed by atoms with Gasteiger partial charge in [-0.2, -0.15) is 4.98 Å². The zero-order valence-electron chi connectivity index (χ0n) is 18.1. The Bertz CT molecular complexity index is 1320. The Morgan fingerprint density at radius 1 is 1.00 bits per heavy atom. The molecule has 0 aliphatic carbocycles. The molecule has 1 atom stereocenters. The first-order valence-electron chi connectivity index (χ1n) is 10.7. The first kappa shape index (κ1) is 20.6. The van der Waals surface area contributed by atoms with Crippen molar-refractivity contribution in [3.63, 3.8) is 0 Å². The summed E-state index contributed by atoms with van der Waals surface area (Å²) in [6.07, 6.45) is 0.184. The summed E-state index contributed by atoms with van der Waals surface area (Å²) in [7, 11) is 0. The number of aryl methyl sites for hydroxylation is 1. The molecule has 4 aromatic rings. The standard InChI is InChI=1S/C26H22N4O3/c1-17-8-5-6-13-22(17)30-16-20(15-23(30)31)25(32)27-21-12-7-11-19(14-21)26-28-24(29-33-26)18-9-3-2-4-10-18/h2-14,20H,15-16H2,1H3,(H,27,32)/t20-/m1/s1. The summed E-state index contributed by atoms with van der Waals surface area (Å²) in [4.78, 5) is 31.7. The van der Waals surface area contributed by atoms with Gasteiger partial charge in [0, 0.05) is 35.5 Å². The van der Waals surface area contributed by atoms with Crippen LogP contribution in [0.4, 0.5) is 11.4 Å². The summed E-state index contributed by atoms with van der Waals surface area (Å²) < 4.78 is 5.43. The fraction of sp³-hybridized carbons (Fsp3) is 0.154. The van der Waals surface area contributed by atoms with E-state index >= 15 is 0 Å². The second-order valence-electron chi connectivity index (χ2n) is 8.05. The third-order valence-corrected chi connectivity index (χ3v) is 5.74. The molecule has 2 heterocycles. The molecule has 1 N–H and O–H groups in total. The number of nitrogens with zero attached hydrogens (tertiary/aromatic N) is 3. The highest BCUT2D eigenvalue weighted by molar-refractivity contribution is 6.04. The van der Waals surface area contributed by atoms with Gasteiger partial charge in [-0.1, -0.05) is 59.8 Å². The molecule has 1 saturated heterocycles. The number of nitrogens with one attached hydrogen (secondary N) is 1. The number of hydrogen-bond donors (Lipinski definition) is 1. The molecular weight excluding hydrogens is 416 g/mol. The van der Waals surface area contributed by atoms with E-state index in [0.717, 1.165) is 16.8 Å². The van der Waals surface area contributed by atoms with Crippen LogP contribution in [-0.4, -0.2) is 28.5 Å². The minimum absolute atomic E-state index is 0.0440. The molecule has 33 heavy (non-hydrogen) atoms. The topological polar surface area (TPSA) is 88.3 Å². The number of carbonyl (C=O) groups is 2. The molecule has 0 radical (unpaired) electrons. The molecule has 7 nitrogen and oxygen atoms in total. The minimum Gasteiger partial charge on any atom is -0.334 e. The quantitative estimate of drug-likeness (QED) is 0.488. The van der Waals surface area contributed by atoms with E-state index in [-0.39, 0.29) is 18.2 Å². The molecule has 7 heteroatoms. The van der Waals surface area contributed by atoms with Crippen molar-refractivity contribution in [3.8, 4) is 22.8 Å². The van der Waals surface area contributed by atoms with Gasteiger partial charge in [-0.25, -0.2) is 0 Å². The number of amides is 2. The molecule has 0 spiro atoms. The highest BCUT2D eigenvalue weighted by Crippen LogP contribution is 2.29. The van der Waals surface area contributed by atoms with E-state index in [2.05, 4.69) is 15.5 Å². The Hall–Kier alpha value is -4.26. The van der Waals surface area contributed by atoms with E-state index < -0.39 is 5.92 Å². The van der Waals surface area contributed by atoms with Gasteiger partial charge in [0.1, 0.15) is 0 Å². The summed E-state index contributed by atoms with van der Waals surface area (Å²) in [5.74, 6) is 0.214. The first-order chi connectivity index (χ1) is 16.1. The van der Waals surface area contributed by atoms with E-state index in [1.165, 1.54) is 0 Å². The largest absolute Gasteiger partial charge is 0.334 e. The SMILES string of the molecule is Cc1ccccc1N1C[C@H](C(=O)Nc2cccc(-c3nc(-c4ccccc4)no3)c2)CC1=O. The number of anilines is 2. The monoisotopic (exact) mass is 438 g/mol. The molecule has 0 unspecified atom stereocenters. The summed E-state index contributed by atoms with van der Waals surface area (Å²) in [6, 6.07) is 24.5. The van der Waals surface area contributed by atoms with Gasteiger partial charge >= 0.3 is 0 Å². The van der Waals surface area contributed by atoms with Crippen molar-refractivity contribution in [1.29, 1.82) is 0 Å². The molecular formula is C26H22N4O3. The van der Waals surface area contributed by atoms with E-state index in [9.17, 15) is 9.59 Å². The zero-order valence-corrected chi connectivity index (χ0v) is 18.1. The molecule has 3 aromatic carbocycles. The molecule has 5 rings (SSSR count). The summed E-state index contributed by atoms with van der Waals surface area (Å²) in [6.45, 7) is 2.32. The predicted octanol–water partition coefficient (Wildman–Crippen LogP) is 4.70. The third kappa shape index (κ3) is 4.25. The fourth-order valence-electron chi connectivity index (χ4n) is 4.00. The van der Waals surface area contributed by atoms with Crippen LogP contribution in [0.5, 0.6) is 0 Å². The molecule has 1 aromatic heterocycles. The van der Waals surface area contributed by atoms with Crippen LogP contribution in [-0.2, 0) is 9.59 Å². The number of rotatable bonds is 5. The lowest BCUT2D eigenvalue weighted by molar-refractivity contribution is -0.122. The number of aromatic nitrogens is 2. The van der Waals surface area contributed by atoms with Crippen molar-refractivity contribution >= 4 is 23.2 Å². The van der Waals surface area contributed by atoms with Gasteiger partial charge in [-0.05, 0) is 36.8 Å². The third-order valence-electron chi connectivity index (χ3n) is 5.74. The van der Waals surface area contributed by atoms with Crippen molar-refractivity contribution in [3.05, 3.63) is 84.4 Å². The van der Waals surface area contributed by atoms with Crippen molar-refractivity contribution in [2.24, 2.45) is 5.92 Å². The van der Waals surface area contributed by atoms with Gasteiger partial charge in [-0.3, -0.25) is 9.59 Å². The van der Waals surface area contributed by atoms with Crippen molar-refractivity contribution < 1.29 is 14.1 Å². The van der Waals surface area contributed by atoms with Gasteiger partial charge in [0.2, 0.25) is 17.6 Å². The average Bonchev–Trinajstić information content (AvgIpc) is 3.48. The Morgan fingerprint density at radius 3 is 2.58 bits per heavy atom. The van der Waals surface area contributed by atoms with Crippen LogP contribution < -0.4 is 10.2 Å². The molecule has 164 valence electrons. The summed E-state index contributed by atoms with van der Waals surface area (Å²) in [5, 5.41) is 6.98. The second kappa shape index (κ2) is 8.70. The molecule has 1 aliphatic heterocycles. The van der Waals surface area contributed by atoms with E-state index in [4.69, 9.17) is 4.52 Å². The maximum atomic E-state index is 12.9. The Kier molecular flexibility index (Phi) is 5.44. The molecule has 0 saturated carbocycles. The minimum atomic E-state index is -0.422. The lowest BCUT2D eigenvalue weighted by Gasteiger charge is -2.19. The highest BCUT2D eigenvalue weighted by Gasteiger charge is 2.35. The molecule has 0 bridgehead atoms. The predicted molar refractivity (Wildman–Crippen MR) is 125 cm³/mol. The van der Waals surface area contributed by atoms with Crippen LogP contribution >= 0.6 is 0 Å². The highest BCUT2D eigenvalue weighted by atomic mass is 16.5. The van der Waals surface area contributed by atoms with Crippen LogP contribution in [0.1, 0.15) is 12.0 Å². The number of para-hydroxylation sites is 1. The normalized spacial score (nSPS) is 15.6. The van der Waals surface area contributed by atoms with E-state index in [1.54, 1.807) is 17.0 Å². The van der Waals surface area contributed by atoms with Crippen LogP contribution in [0, 0.1) is 12.8 Å². The van der Waals surface area contributed by atoms with Crippen LogP contribution in [0.25, 0.3) is 22.8 Å². The molecule has 1 fully saturated rings. The van der Waals surface area contributed by atoms with Gasteiger partial charge in [-0.15, -0.1) is 0 Å². The van der Waals surface area contributed by atoms with E-state index in [0.29, 0.717) is 29.5 Å². The maximum absolute atomic E-state index is 12.9. The average molecular weight is 438 g/mol. The summed E-state index contributed by atoms with van der Waals surface area (Å²) >= 11 is 0. The van der Waals surface area contributed by atoms with Crippen LogP contribution in [0.15, 0.2) is 83.4 Å². The Balaban J connectivity index is 1.29. The van der Waals surface area contributed by atoms with Crippen molar-refractivity contribution in [1.82, 2.24) is 10.1 Å².